The Morgan fingerprint density at radius 3 is 1.51 bits per heavy atom. The van der Waals surface area contributed by atoms with E-state index in [4.69, 9.17) is 20.1 Å². The van der Waals surface area contributed by atoms with Crippen LogP contribution < -0.4 is 0 Å². The second-order valence-electron chi connectivity index (χ2n) is 10.7. The Kier molecular flexibility index (Phi) is 6.40. The molecular formula is C39H24N6. The zero-order chi connectivity index (χ0) is 30.2. The average molecular weight is 577 g/mol. The summed E-state index contributed by atoms with van der Waals surface area (Å²) >= 11 is 0. The van der Waals surface area contributed by atoms with Crippen LogP contribution in [0.25, 0.3) is 72.8 Å². The van der Waals surface area contributed by atoms with Gasteiger partial charge in [0.05, 0.1) is 11.2 Å². The molecule has 0 aliphatic rings. The van der Waals surface area contributed by atoms with E-state index in [1.165, 1.54) is 0 Å². The average Bonchev–Trinajstić information content (AvgIpc) is 3.52. The summed E-state index contributed by atoms with van der Waals surface area (Å²) in [6.07, 6.45) is 0. The van der Waals surface area contributed by atoms with Gasteiger partial charge in [0.1, 0.15) is 6.07 Å². The molecule has 0 radical (unpaired) electrons. The highest BCUT2D eigenvalue weighted by Gasteiger charge is 2.21. The molecule has 0 unspecified atom stereocenters. The molecule has 0 saturated heterocycles. The molecule has 8 rings (SSSR count). The molecule has 210 valence electrons. The predicted molar refractivity (Wildman–Crippen MR) is 178 cm³/mol. The van der Waals surface area contributed by atoms with Gasteiger partial charge >= 0.3 is 0 Å². The fraction of sp³-hybridized carbons (Fsp3) is 0. The Morgan fingerprint density at radius 1 is 0.489 bits per heavy atom. The van der Waals surface area contributed by atoms with Gasteiger partial charge in [-0.1, -0.05) is 133 Å². The van der Waals surface area contributed by atoms with Crippen LogP contribution in [0.2, 0.25) is 0 Å². The summed E-state index contributed by atoms with van der Waals surface area (Å²) in [5.41, 5.74) is 7.53. The van der Waals surface area contributed by atoms with Crippen molar-refractivity contribution >= 4 is 16.3 Å². The first-order valence-corrected chi connectivity index (χ1v) is 14.6. The Labute approximate surface area is 259 Å². The molecule has 5 aromatic carbocycles. The standard InChI is InChI=1S/C39H24N6/c40-25-33-35(27-15-7-2-8-16-27)36-32-23-31(22-21-30(32)24-34(45(36)44-33)26-13-5-1-6-14-26)39-42-37(28-17-9-3-10-18-28)41-38(43-39)29-19-11-4-12-20-29/h1-24H. The van der Waals surface area contributed by atoms with E-state index in [9.17, 15) is 5.26 Å². The Hall–Kier alpha value is -6.45. The minimum absolute atomic E-state index is 0.370. The van der Waals surface area contributed by atoms with Crippen LogP contribution in [0.15, 0.2) is 146 Å². The van der Waals surface area contributed by atoms with E-state index in [-0.39, 0.29) is 0 Å². The predicted octanol–water partition coefficient (Wildman–Crippen LogP) is 8.88. The molecule has 0 saturated carbocycles. The lowest BCUT2D eigenvalue weighted by molar-refractivity contribution is 0.963. The van der Waals surface area contributed by atoms with Crippen LogP contribution in [0.3, 0.4) is 0 Å². The number of benzene rings is 5. The largest absolute Gasteiger partial charge is 0.230 e. The number of fused-ring (bicyclic) bond motifs is 3. The first-order chi connectivity index (χ1) is 22.3. The summed E-state index contributed by atoms with van der Waals surface area (Å²) in [6.45, 7) is 0. The number of hydrogen-bond donors (Lipinski definition) is 0. The quantitative estimate of drug-likeness (QED) is 0.204. The lowest BCUT2D eigenvalue weighted by atomic mass is 9.98. The van der Waals surface area contributed by atoms with E-state index >= 15 is 0 Å². The fourth-order valence-electron chi connectivity index (χ4n) is 5.78. The second kappa shape index (κ2) is 11.0. The molecule has 3 aromatic heterocycles. The normalized spacial score (nSPS) is 11.1. The van der Waals surface area contributed by atoms with Crippen molar-refractivity contribution in [2.24, 2.45) is 0 Å². The van der Waals surface area contributed by atoms with E-state index < -0.39 is 0 Å². The lowest BCUT2D eigenvalue weighted by Crippen LogP contribution is -2.00. The van der Waals surface area contributed by atoms with Crippen LogP contribution in [0, 0.1) is 11.3 Å². The molecule has 0 fully saturated rings. The molecule has 6 nitrogen and oxygen atoms in total. The monoisotopic (exact) mass is 576 g/mol. The maximum Gasteiger partial charge on any atom is 0.171 e. The first-order valence-electron chi connectivity index (χ1n) is 14.6. The number of aromatic nitrogens is 5. The molecule has 45 heavy (non-hydrogen) atoms. The number of nitriles is 1. The van der Waals surface area contributed by atoms with Crippen molar-refractivity contribution in [1.29, 1.82) is 5.26 Å². The Balaban J connectivity index is 1.42. The van der Waals surface area contributed by atoms with E-state index in [2.05, 4.69) is 42.5 Å². The minimum Gasteiger partial charge on any atom is -0.230 e. The van der Waals surface area contributed by atoms with Crippen molar-refractivity contribution in [3.63, 3.8) is 0 Å². The van der Waals surface area contributed by atoms with Gasteiger partial charge in [0.15, 0.2) is 23.2 Å². The molecule has 0 N–H and O–H groups in total. The number of pyridine rings is 1. The van der Waals surface area contributed by atoms with Gasteiger partial charge in [-0.25, -0.2) is 19.5 Å². The van der Waals surface area contributed by atoms with Crippen molar-refractivity contribution in [3.05, 3.63) is 151 Å². The molecule has 6 heteroatoms. The molecule has 0 amide bonds. The molecule has 3 heterocycles. The lowest BCUT2D eigenvalue weighted by Gasteiger charge is -2.12. The first kappa shape index (κ1) is 26.2. The van der Waals surface area contributed by atoms with Gasteiger partial charge in [0.25, 0.3) is 0 Å². The van der Waals surface area contributed by atoms with Crippen LogP contribution in [-0.2, 0) is 0 Å². The van der Waals surface area contributed by atoms with Crippen molar-refractivity contribution < 1.29 is 0 Å². The van der Waals surface area contributed by atoms with Crippen LogP contribution >= 0.6 is 0 Å². The second-order valence-corrected chi connectivity index (χ2v) is 10.7. The number of hydrogen-bond acceptors (Lipinski definition) is 5. The minimum atomic E-state index is 0.370. The van der Waals surface area contributed by atoms with Crippen LogP contribution in [0.5, 0.6) is 0 Å². The third kappa shape index (κ3) is 4.69. The zero-order valence-corrected chi connectivity index (χ0v) is 24.0. The van der Waals surface area contributed by atoms with Crippen molar-refractivity contribution in [2.45, 2.75) is 0 Å². The molecule has 0 spiro atoms. The number of nitrogens with zero attached hydrogens (tertiary/aromatic N) is 6. The summed E-state index contributed by atoms with van der Waals surface area (Å²) in [5, 5.41) is 17.1. The summed E-state index contributed by atoms with van der Waals surface area (Å²) in [4.78, 5) is 14.8. The van der Waals surface area contributed by atoms with E-state index in [1.807, 2.05) is 114 Å². The summed E-state index contributed by atoms with van der Waals surface area (Å²) in [7, 11) is 0. The highest BCUT2D eigenvalue weighted by Crippen LogP contribution is 2.38. The van der Waals surface area contributed by atoms with Gasteiger partial charge in [0.2, 0.25) is 0 Å². The smallest absolute Gasteiger partial charge is 0.171 e. The molecule has 0 aliphatic carbocycles. The molecule has 0 atom stereocenters. The van der Waals surface area contributed by atoms with Gasteiger partial charge in [-0.05, 0) is 23.1 Å². The Bertz CT molecular complexity index is 2300. The van der Waals surface area contributed by atoms with Gasteiger partial charge in [-0.3, -0.25) is 0 Å². The summed E-state index contributed by atoms with van der Waals surface area (Å²) in [6, 6.07) is 50.8. The highest BCUT2D eigenvalue weighted by molar-refractivity contribution is 6.07. The van der Waals surface area contributed by atoms with Gasteiger partial charge in [0, 0.05) is 33.2 Å². The molecule has 0 bridgehead atoms. The topological polar surface area (TPSA) is 79.8 Å². The van der Waals surface area contributed by atoms with Crippen molar-refractivity contribution in [3.8, 4) is 62.6 Å². The molecule has 8 aromatic rings. The van der Waals surface area contributed by atoms with E-state index in [1.54, 1.807) is 0 Å². The van der Waals surface area contributed by atoms with E-state index in [0.29, 0.717) is 23.2 Å². The summed E-state index contributed by atoms with van der Waals surface area (Å²) in [5.74, 6) is 1.77. The number of rotatable bonds is 5. The van der Waals surface area contributed by atoms with Crippen LogP contribution in [0.1, 0.15) is 5.69 Å². The molecular weight excluding hydrogens is 552 g/mol. The van der Waals surface area contributed by atoms with Gasteiger partial charge in [-0.2, -0.15) is 10.4 Å². The maximum absolute atomic E-state index is 10.3. The van der Waals surface area contributed by atoms with Crippen LogP contribution in [-0.4, -0.2) is 24.6 Å². The fourth-order valence-corrected chi connectivity index (χ4v) is 5.78. The van der Waals surface area contributed by atoms with E-state index in [0.717, 1.165) is 55.4 Å². The maximum atomic E-state index is 10.3. The summed E-state index contributed by atoms with van der Waals surface area (Å²) < 4.78 is 1.90. The van der Waals surface area contributed by atoms with Crippen molar-refractivity contribution in [2.75, 3.05) is 0 Å². The zero-order valence-electron chi connectivity index (χ0n) is 24.0. The Morgan fingerprint density at radius 2 is 0.978 bits per heavy atom. The highest BCUT2D eigenvalue weighted by atomic mass is 15.2. The SMILES string of the molecule is N#Cc1nn2c(-c3ccccc3)cc3ccc(-c4nc(-c5ccccc5)nc(-c5ccccc5)n4)cc3c2c1-c1ccccc1. The molecule has 0 aliphatic heterocycles. The third-order valence-corrected chi connectivity index (χ3v) is 7.91. The van der Waals surface area contributed by atoms with Gasteiger partial charge < -0.3 is 0 Å². The van der Waals surface area contributed by atoms with Gasteiger partial charge in [-0.15, -0.1) is 0 Å². The van der Waals surface area contributed by atoms with Crippen LogP contribution in [0.4, 0.5) is 0 Å². The third-order valence-electron chi connectivity index (χ3n) is 7.91. The van der Waals surface area contributed by atoms with Crippen molar-refractivity contribution in [1.82, 2.24) is 24.6 Å².